The molecule has 2 rings (SSSR count). The van der Waals surface area contributed by atoms with E-state index in [-0.39, 0.29) is 0 Å². The Morgan fingerprint density at radius 1 is 1.00 bits per heavy atom. The molecule has 0 aliphatic heterocycles. The minimum atomic E-state index is 0.751. The third-order valence-corrected chi connectivity index (χ3v) is 2.32. The van der Waals surface area contributed by atoms with Crippen molar-refractivity contribution in [1.29, 1.82) is 0 Å². The summed E-state index contributed by atoms with van der Waals surface area (Å²) in [6, 6.07) is 12.2. The summed E-state index contributed by atoms with van der Waals surface area (Å²) in [6.45, 7) is 4.11. The van der Waals surface area contributed by atoms with Gasteiger partial charge in [-0.25, -0.2) is 9.98 Å². The van der Waals surface area contributed by atoms with E-state index in [0.29, 0.717) is 0 Å². The van der Waals surface area contributed by atoms with E-state index in [1.807, 2.05) is 25.3 Å². The van der Waals surface area contributed by atoms with Crippen molar-refractivity contribution in [2.24, 2.45) is 4.99 Å². The second-order valence-electron chi connectivity index (χ2n) is 3.86. The van der Waals surface area contributed by atoms with Gasteiger partial charge in [-0.1, -0.05) is 29.8 Å². The number of aryl methyl sites for hydroxylation is 2. The SMILES string of the molecule is Cc1ccc(C=Nc2cc(C)ccn2)cc1. The Morgan fingerprint density at radius 3 is 2.44 bits per heavy atom. The van der Waals surface area contributed by atoms with Gasteiger partial charge in [-0.15, -0.1) is 0 Å². The van der Waals surface area contributed by atoms with Gasteiger partial charge in [0, 0.05) is 12.4 Å². The standard InChI is InChI=1S/C14H14N2/c1-11-3-5-13(6-4-11)10-16-14-9-12(2)7-8-15-14/h3-10H,1-2H3. The molecule has 0 fully saturated rings. The molecule has 0 unspecified atom stereocenters. The number of aromatic nitrogens is 1. The molecule has 0 N–H and O–H groups in total. The fraction of sp³-hybridized carbons (Fsp3) is 0.143. The van der Waals surface area contributed by atoms with Crippen LogP contribution < -0.4 is 0 Å². The van der Waals surface area contributed by atoms with Crippen LogP contribution in [0.1, 0.15) is 16.7 Å². The largest absolute Gasteiger partial charge is 0.237 e. The average Bonchev–Trinajstić information content (AvgIpc) is 2.28. The molecule has 0 amide bonds. The lowest BCUT2D eigenvalue weighted by atomic mass is 10.2. The molecule has 0 saturated heterocycles. The summed E-state index contributed by atoms with van der Waals surface area (Å²) in [5.74, 6) is 0.751. The lowest BCUT2D eigenvalue weighted by Crippen LogP contribution is -1.82. The van der Waals surface area contributed by atoms with Crippen LogP contribution in [0.3, 0.4) is 0 Å². The van der Waals surface area contributed by atoms with Gasteiger partial charge in [0.25, 0.3) is 0 Å². The molecule has 2 aromatic rings. The maximum absolute atomic E-state index is 4.33. The van der Waals surface area contributed by atoms with Gasteiger partial charge in [-0.2, -0.15) is 0 Å². The molecule has 1 aromatic heterocycles. The minimum Gasteiger partial charge on any atom is -0.237 e. The molecule has 0 saturated carbocycles. The van der Waals surface area contributed by atoms with Gasteiger partial charge in [0.15, 0.2) is 5.82 Å². The van der Waals surface area contributed by atoms with Crippen molar-refractivity contribution in [2.75, 3.05) is 0 Å². The number of aliphatic imine (C=N–C) groups is 1. The van der Waals surface area contributed by atoms with Crippen molar-refractivity contribution in [1.82, 2.24) is 4.98 Å². The molecule has 80 valence electrons. The topological polar surface area (TPSA) is 25.2 Å². The van der Waals surface area contributed by atoms with E-state index < -0.39 is 0 Å². The summed E-state index contributed by atoms with van der Waals surface area (Å²) < 4.78 is 0. The molecule has 0 bridgehead atoms. The highest BCUT2D eigenvalue weighted by molar-refractivity contribution is 5.81. The van der Waals surface area contributed by atoms with Crippen molar-refractivity contribution in [3.8, 4) is 0 Å². The van der Waals surface area contributed by atoms with Gasteiger partial charge in [-0.05, 0) is 37.1 Å². The van der Waals surface area contributed by atoms with Gasteiger partial charge in [0.2, 0.25) is 0 Å². The van der Waals surface area contributed by atoms with Crippen molar-refractivity contribution in [3.63, 3.8) is 0 Å². The number of pyridine rings is 1. The van der Waals surface area contributed by atoms with Crippen LogP contribution in [0, 0.1) is 13.8 Å². The Balaban J connectivity index is 2.18. The van der Waals surface area contributed by atoms with E-state index in [1.165, 1.54) is 11.1 Å². The number of benzene rings is 1. The molecule has 1 heterocycles. The highest BCUT2D eigenvalue weighted by Crippen LogP contribution is 2.09. The second kappa shape index (κ2) is 4.71. The lowest BCUT2D eigenvalue weighted by Gasteiger charge is -1.96. The van der Waals surface area contributed by atoms with Crippen molar-refractivity contribution in [2.45, 2.75) is 13.8 Å². The molecule has 0 aliphatic carbocycles. The first-order chi connectivity index (χ1) is 7.74. The van der Waals surface area contributed by atoms with Crippen LogP contribution in [0.25, 0.3) is 0 Å². The van der Waals surface area contributed by atoms with Crippen LogP contribution >= 0.6 is 0 Å². The van der Waals surface area contributed by atoms with E-state index >= 15 is 0 Å². The molecule has 0 radical (unpaired) electrons. The monoisotopic (exact) mass is 210 g/mol. The summed E-state index contributed by atoms with van der Waals surface area (Å²) in [5.41, 5.74) is 3.52. The lowest BCUT2D eigenvalue weighted by molar-refractivity contribution is 1.25. The average molecular weight is 210 g/mol. The van der Waals surface area contributed by atoms with Crippen LogP contribution in [0.15, 0.2) is 47.6 Å². The summed E-state index contributed by atoms with van der Waals surface area (Å²) in [7, 11) is 0. The van der Waals surface area contributed by atoms with E-state index in [2.05, 4.69) is 41.2 Å². The van der Waals surface area contributed by atoms with E-state index in [1.54, 1.807) is 6.20 Å². The quantitative estimate of drug-likeness (QED) is 0.697. The molecule has 2 heteroatoms. The van der Waals surface area contributed by atoms with E-state index in [0.717, 1.165) is 11.4 Å². The number of hydrogen-bond acceptors (Lipinski definition) is 2. The normalized spacial score (nSPS) is 10.9. The minimum absolute atomic E-state index is 0.751. The maximum Gasteiger partial charge on any atom is 0.151 e. The summed E-state index contributed by atoms with van der Waals surface area (Å²) >= 11 is 0. The molecular weight excluding hydrogens is 196 g/mol. The number of rotatable bonds is 2. The Kier molecular flexibility index (Phi) is 3.10. The predicted molar refractivity (Wildman–Crippen MR) is 67.4 cm³/mol. The first-order valence-corrected chi connectivity index (χ1v) is 5.27. The highest BCUT2D eigenvalue weighted by Gasteiger charge is 1.91. The fourth-order valence-corrected chi connectivity index (χ4v) is 1.38. The fourth-order valence-electron chi connectivity index (χ4n) is 1.38. The molecule has 2 nitrogen and oxygen atoms in total. The zero-order valence-electron chi connectivity index (χ0n) is 9.51. The van der Waals surface area contributed by atoms with Gasteiger partial charge >= 0.3 is 0 Å². The molecule has 1 aromatic carbocycles. The third kappa shape index (κ3) is 2.76. The highest BCUT2D eigenvalue weighted by atomic mass is 14.9. The first-order valence-electron chi connectivity index (χ1n) is 5.27. The maximum atomic E-state index is 4.33. The molecule has 0 aliphatic rings. The first kappa shape index (κ1) is 10.6. The van der Waals surface area contributed by atoms with Crippen LogP contribution in [-0.4, -0.2) is 11.2 Å². The van der Waals surface area contributed by atoms with Crippen LogP contribution in [0.5, 0.6) is 0 Å². The second-order valence-corrected chi connectivity index (χ2v) is 3.86. The zero-order valence-corrected chi connectivity index (χ0v) is 9.51. The van der Waals surface area contributed by atoms with Gasteiger partial charge in [-0.3, -0.25) is 0 Å². The zero-order chi connectivity index (χ0) is 11.4. The Morgan fingerprint density at radius 2 is 1.75 bits per heavy atom. The van der Waals surface area contributed by atoms with E-state index in [9.17, 15) is 0 Å². The van der Waals surface area contributed by atoms with Crippen LogP contribution in [0.2, 0.25) is 0 Å². The number of nitrogens with zero attached hydrogens (tertiary/aromatic N) is 2. The molecule has 0 spiro atoms. The Labute approximate surface area is 95.7 Å². The van der Waals surface area contributed by atoms with Gasteiger partial charge in [0.1, 0.15) is 0 Å². The molecule has 16 heavy (non-hydrogen) atoms. The van der Waals surface area contributed by atoms with Gasteiger partial charge in [0.05, 0.1) is 0 Å². The Bertz CT molecular complexity index is 498. The third-order valence-electron chi connectivity index (χ3n) is 2.32. The number of hydrogen-bond donors (Lipinski definition) is 0. The van der Waals surface area contributed by atoms with Crippen LogP contribution in [-0.2, 0) is 0 Å². The van der Waals surface area contributed by atoms with Crippen molar-refractivity contribution >= 4 is 12.0 Å². The molecular formula is C14H14N2. The molecule has 0 atom stereocenters. The van der Waals surface area contributed by atoms with Crippen molar-refractivity contribution in [3.05, 3.63) is 59.3 Å². The Hall–Kier alpha value is -1.96. The van der Waals surface area contributed by atoms with Gasteiger partial charge < -0.3 is 0 Å². The summed E-state index contributed by atoms with van der Waals surface area (Å²) in [6.07, 6.45) is 3.61. The smallest absolute Gasteiger partial charge is 0.151 e. The van der Waals surface area contributed by atoms with Crippen molar-refractivity contribution < 1.29 is 0 Å². The van der Waals surface area contributed by atoms with Crippen LogP contribution in [0.4, 0.5) is 5.82 Å². The van der Waals surface area contributed by atoms with E-state index in [4.69, 9.17) is 0 Å². The summed E-state index contributed by atoms with van der Waals surface area (Å²) in [4.78, 5) is 8.51. The predicted octanol–water partition coefficient (Wildman–Crippen LogP) is 3.45. The summed E-state index contributed by atoms with van der Waals surface area (Å²) in [5, 5.41) is 0.